The molecule has 3 rings (SSSR count). The third-order valence-corrected chi connectivity index (χ3v) is 5.62. The molecule has 0 aromatic heterocycles. The number of likely N-dealkylation sites (N-methyl/N-ethyl adjacent to an activating group) is 1. The van der Waals surface area contributed by atoms with Gasteiger partial charge >= 0.3 is 0 Å². The van der Waals surface area contributed by atoms with Crippen molar-refractivity contribution in [2.24, 2.45) is 17.3 Å². The molecule has 4 atom stereocenters. The molecule has 7 heteroatoms. The Bertz CT molecular complexity index is 935. The highest BCUT2D eigenvalue weighted by molar-refractivity contribution is 6.00. The van der Waals surface area contributed by atoms with E-state index in [1.807, 2.05) is 25.3 Å². The Balaban J connectivity index is 2.31. The number of nitrogens with zero attached hydrogens (tertiary/aromatic N) is 3. The third-order valence-electron chi connectivity index (χ3n) is 5.62. The highest BCUT2D eigenvalue weighted by atomic mass is 19.1. The van der Waals surface area contributed by atoms with Gasteiger partial charge in [-0.2, -0.15) is 15.8 Å². The van der Waals surface area contributed by atoms with Crippen molar-refractivity contribution in [3.8, 4) is 24.0 Å². The normalized spacial score (nSPS) is 28.7. The first kappa shape index (κ1) is 18.6. The topological polar surface area (TPSA) is 109 Å². The summed E-state index contributed by atoms with van der Waals surface area (Å²) in [5, 5.41) is 38.0. The standard InChI is InChI=1S/C20H18FN5O/c1-26-6-5-13-15(8-22)19(25)20(10-23,11-24)18(16(13)9-26)14-7-12(27-2)3-4-17(14)21/h3-5,7,15-16,18,25H,6,9H2,1-2H3/p+1/t15?,16-,18+/m1/s1. The molecule has 1 aliphatic heterocycles. The number of nitrogens with one attached hydrogen (secondary N) is 2. The zero-order valence-electron chi connectivity index (χ0n) is 15.1. The summed E-state index contributed by atoms with van der Waals surface area (Å²) in [5.74, 6) is -2.36. The monoisotopic (exact) mass is 364 g/mol. The largest absolute Gasteiger partial charge is 0.497 e. The molecule has 0 bridgehead atoms. The van der Waals surface area contributed by atoms with Crippen LogP contribution in [0.1, 0.15) is 11.5 Å². The van der Waals surface area contributed by atoms with E-state index in [0.29, 0.717) is 24.4 Å². The van der Waals surface area contributed by atoms with Gasteiger partial charge in [-0.3, -0.25) is 0 Å². The van der Waals surface area contributed by atoms with E-state index in [9.17, 15) is 20.2 Å². The molecule has 0 amide bonds. The van der Waals surface area contributed by atoms with E-state index in [1.165, 1.54) is 25.3 Å². The molecule has 6 nitrogen and oxygen atoms in total. The summed E-state index contributed by atoms with van der Waals surface area (Å²) in [6.07, 6.45) is 1.90. The number of fused-ring (bicyclic) bond motifs is 1. The molecule has 2 unspecified atom stereocenters. The van der Waals surface area contributed by atoms with Gasteiger partial charge in [0.2, 0.25) is 0 Å². The number of nitriles is 3. The zero-order chi connectivity index (χ0) is 19.8. The van der Waals surface area contributed by atoms with Gasteiger partial charge in [-0.15, -0.1) is 0 Å². The van der Waals surface area contributed by atoms with Crippen molar-refractivity contribution in [1.82, 2.24) is 0 Å². The Kier molecular flexibility index (Phi) is 4.70. The number of ether oxygens (including phenoxy) is 1. The average molecular weight is 364 g/mol. The highest BCUT2D eigenvalue weighted by Gasteiger charge is 2.59. The third kappa shape index (κ3) is 2.67. The summed E-state index contributed by atoms with van der Waals surface area (Å²) >= 11 is 0. The summed E-state index contributed by atoms with van der Waals surface area (Å²) in [6, 6.07) is 10.2. The van der Waals surface area contributed by atoms with Gasteiger partial charge in [0.05, 0.1) is 51.2 Å². The maximum atomic E-state index is 14.8. The Hall–Kier alpha value is -3.21. The Morgan fingerprint density at radius 2 is 2.00 bits per heavy atom. The van der Waals surface area contributed by atoms with Crippen LogP contribution >= 0.6 is 0 Å². The predicted octanol–water partition coefficient (Wildman–Crippen LogP) is 1.20. The van der Waals surface area contributed by atoms with Crippen molar-refractivity contribution in [3.63, 3.8) is 0 Å². The van der Waals surface area contributed by atoms with Crippen LogP contribution in [0.3, 0.4) is 0 Å². The van der Waals surface area contributed by atoms with E-state index in [2.05, 4.69) is 6.07 Å². The molecule has 27 heavy (non-hydrogen) atoms. The molecule has 136 valence electrons. The van der Waals surface area contributed by atoms with Crippen LogP contribution < -0.4 is 9.64 Å². The van der Waals surface area contributed by atoms with Gasteiger partial charge in [0.1, 0.15) is 17.5 Å². The average Bonchev–Trinajstić information content (AvgIpc) is 2.68. The van der Waals surface area contributed by atoms with Crippen LogP contribution in [0.5, 0.6) is 5.75 Å². The van der Waals surface area contributed by atoms with E-state index >= 15 is 0 Å². The van der Waals surface area contributed by atoms with Crippen molar-refractivity contribution in [2.45, 2.75) is 5.92 Å². The first-order valence-corrected chi connectivity index (χ1v) is 8.59. The van der Waals surface area contributed by atoms with Crippen LogP contribution in [0.25, 0.3) is 0 Å². The number of rotatable bonds is 2. The fourth-order valence-corrected chi connectivity index (χ4v) is 4.29. The second-order valence-electron chi connectivity index (χ2n) is 7.05. The number of halogens is 1. The molecule has 2 N–H and O–H groups in total. The Morgan fingerprint density at radius 3 is 2.59 bits per heavy atom. The lowest BCUT2D eigenvalue weighted by atomic mass is 9.54. The fraction of sp³-hybridized carbons (Fsp3) is 0.400. The number of hydrogen-bond donors (Lipinski definition) is 2. The molecular formula is C20H19FN5O+. The SMILES string of the molecule is COc1ccc(F)c([C@H]2[C@@H]3C[NH+](C)CC=C3C(C#N)C(=N)C2(C#N)C#N)c1. The first-order valence-electron chi connectivity index (χ1n) is 8.59. The van der Waals surface area contributed by atoms with E-state index < -0.39 is 29.0 Å². The van der Waals surface area contributed by atoms with Gasteiger partial charge in [-0.05, 0) is 35.4 Å². The van der Waals surface area contributed by atoms with Crippen LogP contribution in [-0.4, -0.2) is 33.0 Å². The molecule has 1 fully saturated rings. The quantitative estimate of drug-likeness (QED) is 0.768. The predicted molar refractivity (Wildman–Crippen MR) is 94.4 cm³/mol. The lowest BCUT2D eigenvalue weighted by molar-refractivity contribution is -0.878. The van der Waals surface area contributed by atoms with Crippen molar-refractivity contribution in [1.29, 1.82) is 21.2 Å². The summed E-state index contributed by atoms with van der Waals surface area (Å²) < 4.78 is 20.0. The molecule has 0 radical (unpaired) electrons. The molecule has 1 saturated carbocycles. The fourth-order valence-electron chi connectivity index (χ4n) is 4.29. The second kappa shape index (κ2) is 6.83. The summed E-state index contributed by atoms with van der Waals surface area (Å²) in [6.45, 7) is 1.22. The van der Waals surface area contributed by atoms with E-state index in [1.54, 1.807) is 0 Å². The van der Waals surface area contributed by atoms with Crippen molar-refractivity contribution >= 4 is 5.71 Å². The molecular weight excluding hydrogens is 345 g/mol. The minimum atomic E-state index is -1.91. The van der Waals surface area contributed by atoms with Gasteiger partial charge in [0.15, 0.2) is 5.41 Å². The molecule has 0 saturated heterocycles. The van der Waals surface area contributed by atoms with Crippen LogP contribution in [0.15, 0.2) is 29.8 Å². The van der Waals surface area contributed by atoms with E-state index in [-0.39, 0.29) is 11.3 Å². The van der Waals surface area contributed by atoms with Gasteiger partial charge in [0, 0.05) is 11.8 Å². The summed E-state index contributed by atoms with van der Waals surface area (Å²) in [4.78, 5) is 1.13. The molecule has 0 spiro atoms. The van der Waals surface area contributed by atoms with Crippen LogP contribution in [0.2, 0.25) is 0 Å². The first-order chi connectivity index (χ1) is 12.9. The number of methoxy groups -OCH3 is 1. The van der Waals surface area contributed by atoms with Crippen LogP contribution in [-0.2, 0) is 0 Å². The number of quaternary nitrogens is 1. The Morgan fingerprint density at radius 1 is 1.30 bits per heavy atom. The van der Waals surface area contributed by atoms with Crippen LogP contribution in [0, 0.1) is 62.5 Å². The van der Waals surface area contributed by atoms with Gasteiger partial charge < -0.3 is 15.0 Å². The molecule has 1 aromatic rings. The zero-order valence-corrected chi connectivity index (χ0v) is 15.1. The highest BCUT2D eigenvalue weighted by Crippen LogP contribution is 2.53. The van der Waals surface area contributed by atoms with Crippen molar-refractivity contribution < 1.29 is 14.0 Å². The minimum Gasteiger partial charge on any atom is -0.497 e. The van der Waals surface area contributed by atoms with Crippen LogP contribution in [0.4, 0.5) is 4.39 Å². The second-order valence-corrected chi connectivity index (χ2v) is 7.05. The number of benzene rings is 1. The lowest BCUT2D eigenvalue weighted by Gasteiger charge is -2.46. The molecule has 1 aliphatic carbocycles. The van der Waals surface area contributed by atoms with Crippen molar-refractivity contribution in [3.05, 3.63) is 41.2 Å². The molecule has 1 heterocycles. The van der Waals surface area contributed by atoms with Gasteiger partial charge in [-0.25, -0.2) is 4.39 Å². The maximum absolute atomic E-state index is 14.8. The maximum Gasteiger partial charge on any atom is 0.190 e. The van der Waals surface area contributed by atoms with Gasteiger partial charge in [-0.1, -0.05) is 0 Å². The van der Waals surface area contributed by atoms with Gasteiger partial charge in [0.25, 0.3) is 0 Å². The Labute approximate surface area is 157 Å². The smallest absolute Gasteiger partial charge is 0.190 e. The summed E-state index contributed by atoms with van der Waals surface area (Å²) in [5.41, 5.74) is -1.30. The van der Waals surface area contributed by atoms with Crippen molar-refractivity contribution in [2.75, 3.05) is 27.2 Å². The molecule has 2 aliphatic rings. The lowest BCUT2D eigenvalue weighted by Crippen LogP contribution is -3.10. The molecule has 1 aromatic carbocycles. The van der Waals surface area contributed by atoms with E-state index in [0.717, 1.165) is 4.90 Å². The van der Waals surface area contributed by atoms with E-state index in [4.69, 9.17) is 10.1 Å². The summed E-state index contributed by atoms with van der Waals surface area (Å²) in [7, 11) is 3.42. The number of hydrogen-bond acceptors (Lipinski definition) is 5. The minimum absolute atomic E-state index is 0.171.